The SMILES string of the molecule is CC(C)(C)CCCC(=O)NCCCC1=NCCN1. The highest BCUT2D eigenvalue weighted by atomic mass is 16.1. The summed E-state index contributed by atoms with van der Waals surface area (Å²) < 4.78 is 0. The number of carbonyl (C=O) groups is 1. The Kier molecular flexibility index (Phi) is 6.16. The van der Waals surface area contributed by atoms with Crippen molar-refractivity contribution in [1.29, 1.82) is 0 Å². The van der Waals surface area contributed by atoms with E-state index in [1.54, 1.807) is 0 Å². The molecule has 1 amide bonds. The third kappa shape index (κ3) is 7.30. The highest BCUT2D eigenvalue weighted by molar-refractivity contribution is 5.83. The van der Waals surface area contributed by atoms with Gasteiger partial charge in [0.1, 0.15) is 0 Å². The normalized spacial score (nSPS) is 15.2. The van der Waals surface area contributed by atoms with Gasteiger partial charge < -0.3 is 10.6 Å². The van der Waals surface area contributed by atoms with Crippen LogP contribution in [-0.4, -0.2) is 31.4 Å². The van der Waals surface area contributed by atoms with Crippen LogP contribution >= 0.6 is 0 Å². The monoisotopic (exact) mass is 253 g/mol. The molecule has 1 rings (SSSR count). The first-order valence-corrected chi connectivity index (χ1v) is 7.01. The minimum absolute atomic E-state index is 0.181. The molecule has 0 aliphatic carbocycles. The van der Waals surface area contributed by atoms with E-state index in [-0.39, 0.29) is 5.91 Å². The summed E-state index contributed by atoms with van der Waals surface area (Å²) in [7, 11) is 0. The Labute approximate surface area is 111 Å². The fraction of sp³-hybridized carbons (Fsp3) is 0.857. The maximum Gasteiger partial charge on any atom is 0.219 e. The largest absolute Gasteiger partial charge is 0.372 e. The van der Waals surface area contributed by atoms with Crippen molar-refractivity contribution >= 4 is 11.7 Å². The topological polar surface area (TPSA) is 53.5 Å². The van der Waals surface area contributed by atoms with Crippen LogP contribution in [0, 0.1) is 5.41 Å². The van der Waals surface area contributed by atoms with Gasteiger partial charge in [0.25, 0.3) is 0 Å². The summed E-state index contributed by atoms with van der Waals surface area (Å²) in [6.07, 6.45) is 4.64. The lowest BCUT2D eigenvalue weighted by Crippen LogP contribution is -2.26. The lowest BCUT2D eigenvalue weighted by Gasteiger charge is -2.17. The standard InChI is InChI=1S/C14H27N3O/c1-14(2,3)8-4-7-13(18)17-9-5-6-12-15-10-11-16-12/h4-11H2,1-3H3,(H,15,16)(H,17,18). The molecule has 0 unspecified atom stereocenters. The molecule has 0 spiro atoms. The molecule has 0 aromatic carbocycles. The fourth-order valence-electron chi connectivity index (χ4n) is 1.97. The van der Waals surface area contributed by atoms with Gasteiger partial charge in [-0.2, -0.15) is 0 Å². The number of aliphatic imine (C=N–C) groups is 1. The molecular weight excluding hydrogens is 226 g/mol. The number of amides is 1. The number of nitrogens with one attached hydrogen (secondary N) is 2. The molecule has 0 fully saturated rings. The molecule has 1 heterocycles. The van der Waals surface area contributed by atoms with Crippen LogP contribution in [0.4, 0.5) is 0 Å². The van der Waals surface area contributed by atoms with Gasteiger partial charge in [-0.25, -0.2) is 0 Å². The molecule has 0 saturated carbocycles. The van der Waals surface area contributed by atoms with E-state index in [1.165, 1.54) is 0 Å². The summed E-state index contributed by atoms with van der Waals surface area (Å²) >= 11 is 0. The Morgan fingerprint density at radius 1 is 1.39 bits per heavy atom. The van der Waals surface area contributed by atoms with Crippen LogP contribution < -0.4 is 10.6 Å². The Morgan fingerprint density at radius 3 is 2.78 bits per heavy atom. The predicted octanol–water partition coefficient (Wildman–Crippen LogP) is 2.10. The number of hydrogen-bond donors (Lipinski definition) is 2. The highest BCUT2D eigenvalue weighted by Crippen LogP contribution is 2.21. The first kappa shape index (κ1) is 15.0. The Balaban J connectivity index is 1.96. The minimum Gasteiger partial charge on any atom is -0.372 e. The van der Waals surface area contributed by atoms with Gasteiger partial charge in [-0.05, 0) is 24.7 Å². The molecule has 0 radical (unpaired) electrons. The van der Waals surface area contributed by atoms with Gasteiger partial charge >= 0.3 is 0 Å². The third-order valence-corrected chi connectivity index (χ3v) is 2.99. The van der Waals surface area contributed by atoms with Gasteiger partial charge in [-0.1, -0.05) is 20.8 Å². The third-order valence-electron chi connectivity index (χ3n) is 2.99. The van der Waals surface area contributed by atoms with Gasteiger partial charge in [0, 0.05) is 25.9 Å². The molecule has 0 bridgehead atoms. The quantitative estimate of drug-likeness (QED) is 0.683. The van der Waals surface area contributed by atoms with E-state index in [0.717, 1.165) is 51.2 Å². The molecule has 1 aliphatic rings. The average molecular weight is 253 g/mol. The molecular formula is C14H27N3O. The van der Waals surface area contributed by atoms with Crippen LogP contribution in [0.2, 0.25) is 0 Å². The molecule has 0 saturated heterocycles. The first-order valence-electron chi connectivity index (χ1n) is 7.01. The van der Waals surface area contributed by atoms with E-state index < -0.39 is 0 Å². The van der Waals surface area contributed by atoms with Gasteiger partial charge in [0.2, 0.25) is 5.91 Å². The molecule has 0 aromatic rings. The Hall–Kier alpha value is -1.06. The van der Waals surface area contributed by atoms with Gasteiger partial charge in [-0.3, -0.25) is 9.79 Å². The van der Waals surface area contributed by atoms with E-state index in [1.807, 2.05) is 0 Å². The number of rotatable bonds is 7. The van der Waals surface area contributed by atoms with E-state index in [2.05, 4.69) is 36.4 Å². The first-order chi connectivity index (χ1) is 8.47. The summed E-state index contributed by atoms with van der Waals surface area (Å²) in [5.74, 6) is 1.28. The molecule has 0 aromatic heterocycles. The van der Waals surface area contributed by atoms with Crippen molar-refractivity contribution in [3.05, 3.63) is 0 Å². The molecule has 0 atom stereocenters. The minimum atomic E-state index is 0.181. The maximum atomic E-state index is 11.6. The summed E-state index contributed by atoms with van der Waals surface area (Å²) in [4.78, 5) is 15.9. The second kappa shape index (κ2) is 7.39. The van der Waals surface area contributed by atoms with Gasteiger partial charge in [0.05, 0.1) is 12.4 Å². The van der Waals surface area contributed by atoms with Crippen LogP contribution in [-0.2, 0) is 4.79 Å². The fourth-order valence-corrected chi connectivity index (χ4v) is 1.97. The van der Waals surface area contributed by atoms with Crippen molar-refractivity contribution in [1.82, 2.24) is 10.6 Å². The van der Waals surface area contributed by atoms with Gasteiger partial charge in [-0.15, -0.1) is 0 Å². The van der Waals surface area contributed by atoms with Crippen molar-refractivity contribution in [3.8, 4) is 0 Å². The summed E-state index contributed by atoms with van der Waals surface area (Å²) in [5.41, 5.74) is 0.326. The summed E-state index contributed by atoms with van der Waals surface area (Å²) in [5, 5.41) is 6.20. The molecule has 1 aliphatic heterocycles. The summed E-state index contributed by atoms with van der Waals surface area (Å²) in [6.45, 7) is 9.25. The lowest BCUT2D eigenvalue weighted by atomic mass is 9.90. The van der Waals surface area contributed by atoms with Crippen molar-refractivity contribution in [2.24, 2.45) is 10.4 Å². The number of hydrogen-bond acceptors (Lipinski definition) is 3. The molecule has 18 heavy (non-hydrogen) atoms. The van der Waals surface area contributed by atoms with Crippen molar-refractivity contribution in [2.45, 2.75) is 52.9 Å². The second-order valence-corrected chi connectivity index (χ2v) is 6.12. The number of nitrogens with zero attached hydrogens (tertiary/aromatic N) is 1. The van der Waals surface area contributed by atoms with Gasteiger partial charge in [0.15, 0.2) is 0 Å². The number of carbonyl (C=O) groups excluding carboxylic acids is 1. The zero-order valence-electron chi connectivity index (χ0n) is 12.0. The Morgan fingerprint density at radius 2 is 2.17 bits per heavy atom. The van der Waals surface area contributed by atoms with Crippen LogP contribution in [0.15, 0.2) is 4.99 Å². The zero-order valence-corrected chi connectivity index (χ0v) is 12.0. The lowest BCUT2D eigenvalue weighted by molar-refractivity contribution is -0.121. The number of amidine groups is 1. The van der Waals surface area contributed by atoms with Crippen molar-refractivity contribution < 1.29 is 4.79 Å². The van der Waals surface area contributed by atoms with Crippen molar-refractivity contribution in [3.63, 3.8) is 0 Å². The van der Waals surface area contributed by atoms with Crippen molar-refractivity contribution in [2.75, 3.05) is 19.6 Å². The van der Waals surface area contributed by atoms with E-state index >= 15 is 0 Å². The highest BCUT2D eigenvalue weighted by Gasteiger charge is 2.11. The molecule has 2 N–H and O–H groups in total. The zero-order chi connectivity index (χ0) is 13.4. The maximum absolute atomic E-state index is 11.6. The van der Waals surface area contributed by atoms with Crippen LogP contribution in [0.3, 0.4) is 0 Å². The summed E-state index contributed by atoms with van der Waals surface area (Å²) in [6, 6.07) is 0. The van der Waals surface area contributed by atoms with E-state index in [0.29, 0.717) is 11.8 Å². The second-order valence-electron chi connectivity index (χ2n) is 6.12. The molecule has 4 nitrogen and oxygen atoms in total. The molecule has 4 heteroatoms. The predicted molar refractivity (Wildman–Crippen MR) is 75.9 cm³/mol. The van der Waals surface area contributed by atoms with Crippen LogP contribution in [0.25, 0.3) is 0 Å². The average Bonchev–Trinajstić information content (AvgIpc) is 2.75. The van der Waals surface area contributed by atoms with E-state index in [4.69, 9.17) is 0 Å². The van der Waals surface area contributed by atoms with Crippen LogP contribution in [0.5, 0.6) is 0 Å². The molecule has 104 valence electrons. The Bertz CT molecular complexity index is 292. The van der Waals surface area contributed by atoms with Crippen LogP contribution in [0.1, 0.15) is 52.9 Å². The smallest absolute Gasteiger partial charge is 0.219 e. The van der Waals surface area contributed by atoms with E-state index in [9.17, 15) is 4.79 Å².